The van der Waals surface area contributed by atoms with E-state index in [0.29, 0.717) is 18.4 Å². The summed E-state index contributed by atoms with van der Waals surface area (Å²) in [6.07, 6.45) is 1.70. The van der Waals surface area contributed by atoms with Gasteiger partial charge in [-0.1, -0.05) is 40.5 Å². The van der Waals surface area contributed by atoms with E-state index < -0.39 is 0 Å². The Kier molecular flexibility index (Phi) is 5.85. The van der Waals surface area contributed by atoms with Crippen molar-refractivity contribution in [2.75, 3.05) is 11.9 Å². The zero-order chi connectivity index (χ0) is 12.8. The Morgan fingerprint density at radius 2 is 1.94 bits per heavy atom. The summed E-state index contributed by atoms with van der Waals surface area (Å²) in [6.45, 7) is 8.92. The number of aliphatic hydroxyl groups excluding tert-OH is 1. The van der Waals surface area contributed by atoms with E-state index in [1.165, 1.54) is 11.5 Å². The molecular formula is C12H23N3OS. The van der Waals surface area contributed by atoms with Gasteiger partial charge in [0.1, 0.15) is 5.82 Å². The van der Waals surface area contributed by atoms with Crippen LogP contribution in [0.2, 0.25) is 0 Å². The Morgan fingerprint density at radius 1 is 1.29 bits per heavy atom. The Labute approximate surface area is 108 Å². The summed E-state index contributed by atoms with van der Waals surface area (Å²) in [6, 6.07) is 0. The van der Waals surface area contributed by atoms with Crippen molar-refractivity contribution in [2.24, 2.45) is 5.92 Å². The number of hydrogen-bond donors (Lipinski definition) is 2. The van der Waals surface area contributed by atoms with Crippen LogP contribution in [0.15, 0.2) is 0 Å². The highest BCUT2D eigenvalue weighted by Crippen LogP contribution is 2.18. The Bertz CT molecular complexity index is 323. The molecule has 0 spiro atoms. The topological polar surface area (TPSA) is 58.0 Å². The third-order valence-electron chi connectivity index (χ3n) is 3.01. The molecule has 1 heterocycles. The highest BCUT2D eigenvalue weighted by molar-refractivity contribution is 7.09. The lowest BCUT2D eigenvalue weighted by molar-refractivity contribution is 0.114. The van der Waals surface area contributed by atoms with Gasteiger partial charge in [0.15, 0.2) is 0 Å². The molecule has 0 amide bonds. The minimum Gasteiger partial charge on any atom is -0.391 e. The van der Waals surface area contributed by atoms with Gasteiger partial charge >= 0.3 is 0 Å². The smallest absolute Gasteiger partial charge is 0.202 e. The molecule has 17 heavy (non-hydrogen) atoms. The predicted molar refractivity (Wildman–Crippen MR) is 72.6 cm³/mol. The molecule has 0 saturated heterocycles. The van der Waals surface area contributed by atoms with Crippen molar-refractivity contribution in [3.8, 4) is 0 Å². The number of anilines is 1. The van der Waals surface area contributed by atoms with Crippen molar-refractivity contribution < 1.29 is 5.11 Å². The normalized spacial score (nSPS) is 13.4. The first-order valence-electron chi connectivity index (χ1n) is 6.33. The SMILES string of the molecule is CCC(CC)C(O)CNc1nc(C(C)C)ns1. The second kappa shape index (κ2) is 6.91. The highest BCUT2D eigenvalue weighted by Gasteiger charge is 2.16. The second-order valence-corrected chi connectivity index (χ2v) is 5.39. The maximum atomic E-state index is 9.98. The fourth-order valence-electron chi connectivity index (χ4n) is 1.73. The van der Waals surface area contributed by atoms with Crippen LogP contribution < -0.4 is 5.32 Å². The van der Waals surface area contributed by atoms with Gasteiger partial charge in [-0.2, -0.15) is 4.37 Å². The second-order valence-electron chi connectivity index (χ2n) is 4.64. The van der Waals surface area contributed by atoms with Crippen molar-refractivity contribution in [3.05, 3.63) is 5.82 Å². The maximum absolute atomic E-state index is 9.98. The molecule has 0 aliphatic heterocycles. The van der Waals surface area contributed by atoms with Gasteiger partial charge in [-0.25, -0.2) is 4.98 Å². The number of nitrogens with zero attached hydrogens (tertiary/aromatic N) is 2. The molecule has 0 fully saturated rings. The molecule has 5 heteroatoms. The molecule has 0 aromatic carbocycles. The van der Waals surface area contributed by atoms with E-state index in [9.17, 15) is 5.11 Å². The van der Waals surface area contributed by atoms with Gasteiger partial charge in [0.2, 0.25) is 5.13 Å². The molecule has 0 saturated carbocycles. The van der Waals surface area contributed by atoms with Crippen molar-refractivity contribution in [2.45, 2.75) is 52.6 Å². The summed E-state index contributed by atoms with van der Waals surface area (Å²) in [5.74, 6) is 1.58. The predicted octanol–water partition coefficient (Wildman–Crippen LogP) is 2.87. The van der Waals surface area contributed by atoms with Gasteiger partial charge in [0.05, 0.1) is 6.10 Å². The van der Waals surface area contributed by atoms with E-state index in [0.717, 1.165) is 23.8 Å². The standard InChI is InChI=1S/C12H23N3OS/c1-5-9(6-2)10(16)7-13-12-14-11(8(3)4)15-17-12/h8-10,16H,5-7H2,1-4H3,(H,13,14,15). The minimum atomic E-state index is -0.309. The van der Waals surface area contributed by atoms with Crippen LogP contribution in [0.5, 0.6) is 0 Å². The number of hydrogen-bond acceptors (Lipinski definition) is 5. The quantitative estimate of drug-likeness (QED) is 0.788. The summed E-state index contributed by atoms with van der Waals surface area (Å²) in [5, 5.41) is 13.9. The van der Waals surface area contributed by atoms with Crippen LogP contribution in [-0.2, 0) is 0 Å². The maximum Gasteiger partial charge on any atom is 0.202 e. The number of nitrogens with one attached hydrogen (secondary N) is 1. The molecule has 1 aromatic rings. The lowest BCUT2D eigenvalue weighted by Gasteiger charge is -2.19. The molecule has 4 nitrogen and oxygen atoms in total. The number of rotatable bonds is 7. The summed E-state index contributed by atoms with van der Waals surface area (Å²) in [7, 11) is 0. The van der Waals surface area contributed by atoms with E-state index in [1.54, 1.807) is 0 Å². The van der Waals surface area contributed by atoms with Crippen molar-refractivity contribution >= 4 is 16.7 Å². The molecular weight excluding hydrogens is 234 g/mol. The average Bonchev–Trinajstić information content (AvgIpc) is 2.76. The van der Waals surface area contributed by atoms with Gasteiger partial charge in [-0.3, -0.25) is 0 Å². The fourth-order valence-corrected chi connectivity index (χ4v) is 2.45. The molecule has 1 rings (SSSR count). The molecule has 0 bridgehead atoms. The first-order chi connectivity index (χ1) is 8.08. The summed E-state index contributed by atoms with van der Waals surface area (Å²) >= 11 is 1.36. The highest BCUT2D eigenvalue weighted by atomic mass is 32.1. The average molecular weight is 257 g/mol. The molecule has 2 N–H and O–H groups in total. The Morgan fingerprint density at radius 3 is 2.41 bits per heavy atom. The van der Waals surface area contributed by atoms with Gasteiger partial charge in [-0.15, -0.1) is 0 Å². The van der Waals surface area contributed by atoms with Crippen LogP contribution in [0.1, 0.15) is 52.3 Å². The summed E-state index contributed by atoms with van der Waals surface area (Å²) in [5.41, 5.74) is 0. The van der Waals surface area contributed by atoms with Crippen LogP contribution in [0.3, 0.4) is 0 Å². The lowest BCUT2D eigenvalue weighted by Crippen LogP contribution is -2.27. The zero-order valence-corrected chi connectivity index (χ0v) is 11.9. The molecule has 0 radical (unpaired) electrons. The van der Waals surface area contributed by atoms with Crippen LogP contribution in [0.4, 0.5) is 5.13 Å². The molecule has 98 valence electrons. The van der Waals surface area contributed by atoms with Crippen molar-refractivity contribution in [3.63, 3.8) is 0 Å². The molecule has 1 unspecified atom stereocenters. The Hall–Kier alpha value is -0.680. The number of aliphatic hydroxyl groups is 1. The van der Waals surface area contributed by atoms with Gasteiger partial charge in [0.25, 0.3) is 0 Å². The largest absolute Gasteiger partial charge is 0.391 e. The minimum absolute atomic E-state index is 0.309. The van der Waals surface area contributed by atoms with Crippen molar-refractivity contribution in [1.29, 1.82) is 0 Å². The van der Waals surface area contributed by atoms with Gasteiger partial charge < -0.3 is 10.4 Å². The first kappa shape index (κ1) is 14.4. The fraction of sp³-hybridized carbons (Fsp3) is 0.833. The van der Waals surface area contributed by atoms with E-state index in [2.05, 4.69) is 42.4 Å². The van der Waals surface area contributed by atoms with Gasteiger partial charge in [-0.05, 0) is 5.92 Å². The molecule has 0 aliphatic carbocycles. The van der Waals surface area contributed by atoms with E-state index in [1.807, 2.05) is 0 Å². The molecule has 1 aromatic heterocycles. The zero-order valence-electron chi connectivity index (χ0n) is 11.1. The molecule has 0 aliphatic rings. The monoisotopic (exact) mass is 257 g/mol. The van der Waals surface area contributed by atoms with E-state index >= 15 is 0 Å². The van der Waals surface area contributed by atoms with Crippen LogP contribution in [0, 0.1) is 5.92 Å². The number of aromatic nitrogens is 2. The first-order valence-corrected chi connectivity index (χ1v) is 7.11. The Balaban J connectivity index is 2.44. The lowest BCUT2D eigenvalue weighted by atomic mass is 9.97. The van der Waals surface area contributed by atoms with E-state index in [-0.39, 0.29) is 6.10 Å². The van der Waals surface area contributed by atoms with Gasteiger partial charge in [0, 0.05) is 24.0 Å². The van der Waals surface area contributed by atoms with E-state index in [4.69, 9.17) is 0 Å². The van der Waals surface area contributed by atoms with Crippen LogP contribution in [-0.4, -0.2) is 27.1 Å². The van der Waals surface area contributed by atoms with Crippen LogP contribution in [0.25, 0.3) is 0 Å². The van der Waals surface area contributed by atoms with Crippen molar-refractivity contribution in [1.82, 2.24) is 9.36 Å². The third kappa shape index (κ3) is 4.24. The summed E-state index contributed by atoms with van der Waals surface area (Å²) in [4.78, 5) is 4.38. The third-order valence-corrected chi connectivity index (χ3v) is 3.70. The molecule has 1 atom stereocenters. The summed E-state index contributed by atoms with van der Waals surface area (Å²) < 4.78 is 4.27. The van der Waals surface area contributed by atoms with Crippen LogP contribution >= 0.6 is 11.5 Å².